The highest BCUT2D eigenvalue weighted by Crippen LogP contribution is 2.32. The third-order valence-corrected chi connectivity index (χ3v) is 7.16. The number of hydrogen-bond donors (Lipinski definition) is 3. The fraction of sp³-hybridized carbons (Fsp3) is 0.333. The number of ether oxygens (including phenoxy) is 2. The number of anilines is 3. The monoisotopic (exact) mass is 544 g/mol. The van der Waals surface area contributed by atoms with E-state index in [1.807, 2.05) is 36.4 Å². The number of nitrogens with one attached hydrogen (secondary N) is 2. The summed E-state index contributed by atoms with van der Waals surface area (Å²) >= 11 is 0. The highest BCUT2D eigenvalue weighted by atomic mass is 16.6. The largest absolute Gasteiger partial charge is 0.486 e. The van der Waals surface area contributed by atoms with Gasteiger partial charge in [0.1, 0.15) is 13.2 Å². The average molecular weight is 545 g/mol. The summed E-state index contributed by atoms with van der Waals surface area (Å²) < 4.78 is 11.3. The number of likely N-dealkylation sites (N-methyl/N-ethyl adjacent to an activating group) is 1. The van der Waals surface area contributed by atoms with Crippen LogP contribution in [-0.4, -0.2) is 86.2 Å². The van der Waals surface area contributed by atoms with Crippen LogP contribution in [0.25, 0.3) is 0 Å². The quantitative estimate of drug-likeness (QED) is 0.372. The van der Waals surface area contributed by atoms with Crippen LogP contribution < -0.4 is 25.8 Å². The molecule has 3 aromatic carbocycles. The molecular formula is C30H36N6O4. The van der Waals surface area contributed by atoms with Gasteiger partial charge >= 0.3 is 6.03 Å². The lowest BCUT2D eigenvalue weighted by molar-refractivity contribution is 0.102. The van der Waals surface area contributed by atoms with Crippen LogP contribution in [0.2, 0.25) is 0 Å². The number of amides is 3. The molecule has 2 aliphatic rings. The molecule has 0 aliphatic carbocycles. The van der Waals surface area contributed by atoms with E-state index in [0.717, 1.165) is 38.3 Å². The second-order valence-electron chi connectivity index (χ2n) is 10.1. The van der Waals surface area contributed by atoms with Gasteiger partial charge in [0.15, 0.2) is 11.5 Å². The first kappa shape index (κ1) is 27.3. The van der Waals surface area contributed by atoms with Crippen LogP contribution >= 0.6 is 0 Å². The van der Waals surface area contributed by atoms with Gasteiger partial charge in [0, 0.05) is 63.1 Å². The Labute approximate surface area is 234 Å². The smallest absolute Gasteiger partial charge is 0.322 e. The van der Waals surface area contributed by atoms with Gasteiger partial charge in [-0.05, 0) is 49.0 Å². The van der Waals surface area contributed by atoms with Crippen molar-refractivity contribution >= 4 is 29.0 Å². The van der Waals surface area contributed by atoms with Gasteiger partial charge in [0.25, 0.3) is 5.91 Å². The Balaban J connectivity index is 1.25. The molecule has 0 spiro atoms. The van der Waals surface area contributed by atoms with Crippen molar-refractivity contribution in [2.75, 3.05) is 75.9 Å². The fourth-order valence-corrected chi connectivity index (χ4v) is 4.70. The average Bonchev–Trinajstić information content (AvgIpc) is 2.97. The van der Waals surface area contributed by atoms with Crippen LogP contribution in [0.3, 0.4) is 0 Å². The summed E-state index contributed by atoms with van der Waals surface area (Å²) in [5.74, 6) is 1.06. The van der Waals surface area contributed by atoms with Gasteiger partial charge in [0.05, 0.1) is 11.4 Å². The minimum Gasteiger partial charge on any atom is -0.486 e. The van der Waals surface area contributed by atoms with Gasteiger partial charge in [-0.3, -0.25) is 9.69 Å². The van der Waals surface area contributed by atoms with Crippen LogP contribution in [-0.2, 0) is 6.54 Å². The normalized spacial score (nSPS) is 15.3. The van der Waals surface area contributed by atoms with E-state index in [4.69, 9.17) is 15.2 Å². The van der Waals surface area contributed by atoms with Crippen LogP contribution in [0.5, 0.6) is 11.5 Å². The predicted molar refractivity (Wildman–Crippen MR) is 156 cm³/mol. The summed E-state index contributed by atoms with van der Waals surface area (Å²) in [6.07, 6.45) is 0. The zero-order chi connectivity index (χ0) is 27.9. The molecule has 210 valence electrons. The molecule has 3 amide bonds. The molecule has 2 aliphatic heterocycles. The number of nitrogens with zero attached hydrogens (tertiary/aromatic N) is 3. The first-order chi connectivity index (χ1) is 19.4. The number of para-hydroxylation sites is 2. The van der Waals surface area contributed by atoms with Crippen LogP contribution in [0.15, 0.2) is 66.7 Å². The molecule has 40 heavy (non-hydrogen) atoms. The van der Waals surface area contributed by atoms with Crippen LogP contribution in [0.4, 0.5) is 21.9 Å². The highest BCUT2D eigenvalue weighted by molar-refractivity contribution is 6.05. The van der Waals surface area contributed by atoms with Crippen LogP contribution in [0.1, 0.15) is 15.9 Å². The zero-order valence-corrected chi connectivity index (χ0v) is 22.8. The van der Waals surface area contributed by atoms with E-state index < -0.39 is 0 Å². The van der Waals surface area contributed by atoms with Crippen molar-refractivity contribution in [3.8, 4) is 11.5 Å². The number of carbonyl (C=O) groups excluding carboxylic acids is 2. The number of nitrogen functional groups attached to an aromatic ring is 1. The Bertz CT molecular complexity index is 1320. The van der Waals surface area contributed by atoms with E-state index in [2.05, 4.69) is 27.5 Å². The molecule has 4 N–H and O–H groups in total. The van der Waals surface area contributed by atoms with E-state index in [1.54, 1.807) is 35.2 Å². The number of nitrogens with two attached hydrogens (primary N) is 1. The molecule has 1 saturated heterocycles. The van der Waals surface area contributed by atoms with E-state index in [-0.39, 0.29) is 11.9 Å². The molecule has 0 saturated carbocycles. The lowest BCUT2D eigenvalue weighted by Gasteiger charge is -2.34. The molecule has 1 fully saturated rings. The summed E-state index contributed by atoms with van der Waals surface area (Å²) in [4.78, 5) is 32.7. The summed E-state index contributed by atoms with van der Waals surface area (Å²) in [5.41, 5.74) is 9.11. The Kier molecular flexibility index (Phi) is 8.68. The van der Waals surface area contributed by atoms with E-state index in [9.17, 15) is 9.59 Å². The third kappa shape index (κ3) is 7.02. The van der Waals surface area contributed by atoms with Crippen molar-refractivity contribution in [3.63, 3.8) is 0 Å². The van der Waals surface area contributed by atoms with Gasteiger partial charge in [-0.2, -0.15) is 0 Å². The summed E-state index contributed by atoms with van der Waals surface area (Å²) in [7, 11) is 2.13. The Morgan fingerprint density at radius 3 is 2.38 bits per heavy atom. The molecule has 0 atom stereocenters. The Hall–Kier alpha value is -4.28. The minimum atomic E-state index is -0.243. The number of urea groups is 1. The number of fused-ring (bicyclic) bond motifs is 1. The van der Waals surface area contributed by atoms with E-state index in [0.29, 0.717) is 60.4 Å². The summed E-state index contributed by atoms with van der Waals surface area (Å²) in [6, 6.07) is 19.6. The van der Waals surface area contributed by atoms with Gasteiger partial charge < -0.3 is 35.6 Å². The molecule has 0 bridgehead atoms. The molecule has 0 radical (unpaired) electrons. The second-order valence-corrected chi connectivity index (χ2v) is 10.1. The topological polar surface area (TPSA) is 112 Å². The highest BCUT2D eigenvalue weighted by Gasteiger charge is 2.20. The molecule has 0 unspecified atom stereocenters. The lowest BCUT2D eigenvalue weighted by atomic mass is 10.1. The first-order valence-electron chi connectivity index (χ1n) is 13.6. The van der Waals surface area contributed by atoms with Crippen molar-refractivity contribution in [3.05, 3.63) is 77.9 Å². The second kappa shape index (κ2) is 12.7. The minimum absolute atomic E-state index is 0.202. The third-order valence-electron chi connectivity index (χ3n) is 7.16. The molecule has 10 heteroatoms. The first-order valence-corrected chi connectivity index (χ1v) is 13.6. The number of piperazine rings is 1. The summed E-state index contributed by atoms with van der Waals surface area (Å²) in [6.45, 7) is 6.72. The van der Waals surface area contributed by atoms with Gasteiger partial charge in [-0.25, -0.2) is 4.79 Å². The number of benzene rings is 3. The molecule has 3 aromatic rings. The maximum absolute atomic E-state index is 13.5. The van der Waals surface area contributed by atoms with Crippen molar-refractivity contribution in [2.45, 2.75) is 6.54 Å². The zero-order valence-electron chi connectivity index (χ0n) is 22.8. The van der Waals surface area contributed by atoms with Gasteiger partial charge in [-0.15, -0.1) is 0 Å². The maximum Gasteiger partial charge on any atom is 0.322 e. The number of hydrogen-bond acceptors (Lipinski definition) is 7. The maximum atomic E-state index is 13.5. The van der Waals surface area contributed by atoms with Gasteiger partial charge in [0.2, 0.25) is 0 Å². The van der Waals surface area contributed by atoms with Crippen molar-refractivity contribution in [1.82, 2.24) is 14.7 Å². The number of carbonyl (C=O) groups is 2. The SMILES string of the molecule is CN1CCN(CCN(Cc2ccc(C(=O)Nc3ccccc3N)cc2)C(=O)Nc2ccc3c(c2)OCCO3)CC1. The van der Waals surface area contributed by atoms with E-state index in [1.165, 1.54) is 0 Å². The standard InChI is InChI=1S/C30H36N6O4/c1-34-12-14-35(15-13-34)16-17-36(30(38)32-24-10-11-27-28(20-24)40-19-18-39-27)21-22-6-8-23(9-7-22)29(37)33-26-5-3-2-4-25(26)31/h2-11,20H,12-19,21,31H2,1H3,(H,32,38)(H,33,37). The molecule has 2 heterocycles. The molecular weight excluding hydrogens is 508 g/mol. The molecule has 10 nitrogen and oxygen atoms in total. The van der Waals surface area contributed by atoms with Gasteiger partial charge in [-0.1, -0.05) is 24.3 Å². The predicted octanol–water partition coefficient (Wildman–Crippen LogP) is 3.57. The Morgan fingerprint density at radius 2 is 1.62 bits per heavy atom. The van der Waals surface area contributed by atoms with Crippen molar-refractivity contribution < 1.29 is 19.1 Å². The molecule has 5 rings (SSSR count). The van der Waals surface area contributed by atoms with E-state index >= 15 is 0 Å². The lowest BCUT2D eigenvalue weighted by Crippen LogP contribution is -2.48. The molecule has 0 aromatic heterocycles. The Morgan fingerprint density at radius 1 is 0.900 bits per heavy atom. The summed E-state index contributed by atoms with van der Waals surface area (Å²) in [5, 5.41) is 5.87. The number of rotatable bonds is 8. The fourth-order valence-electron chi connectivity index (χ4n) is 4.70. The van der Waals surface area contributed by atoms with Crippen molar-refractivity contribution in [1.29, 1.82) is 0 Å². The van der Waals surface area contributed by atoms with Crippen LogP contribution in [0, 0.1) is 0 Å². The van der Waals surface area contributed by atoms with Crippen molar-refractivity contribution in [2.24, 2.45) is 0 Å².